The smallest absolute Gasteiger partial charge is 0.253 e. The van der Waals surface area contributed by atoms with E-state index in [2.05, 4.69) is 5.32 Å². The van der Waals surface area contributed by atoms with Crippen molar-refractivity contribution in [3.8, 4) is 0 Å². The lowest BCUT2D eigenvalue weighted by Crippen LogP contribution is -2.49. The lowest BCUT2D eigenvalue weighted by molar-refractivity contribution is -0.121. The first-order chi connectivity index (χ1) is 13.8. The Hall–Kier alpha value is -1.70. The molecule has 2 aromatic rings. The number of nitrogens with zero attached hydrogens (tertiary/aromatic N) is 1. The Bertz CT molecular complexity index is 911. The molecular weight excluding hydrogens is 402 g/mol. The van der Waals surface area contributed by atoms with Crippen LogP contribution in [0.3, 0.4) is 0 Å². The van der Waals surface area contributed by atoms with Crippen LogP contribution < -0.4 is 5.32 Å². The van der Waals surface area contributed by atoms with Gasteiger partial charge in [0.1, 0.15) is 0 Å². The average Bonchev–Trinajstić information content (AvgIpc) is 3.28. The van der Waals surface area contributed by atoms with Crippen LogP contribution in [-0.2, 0) is 11.3 Å². The number of aromatic nitrogens is 1. The van der Waals surface area contributed by atoms with E-state index < -0.39 is 23.9 Å². The van der Waals surface area contributed by atoms with Gasteiger partial charge in [-0.05, 0) is 37.8 Å². The molecule has 158 valence electrons. The van der Waals surface area contributed by atoms with E-state index in [1.807, 2.05) is 16.7 Å². The van der Waals surface area contributed by atoms with Gasteiger partial charge in [-0.2, -0.15) is 0 Å². The van der Waals surface area contributed by atoms with E-state index in [1.165, 1.54) is 0 Å². The number of carbonyl (C=O) groups excluding carboxylic acids is 1. The van der Waals surface area contributed by atoms with Crippen molar-refractivity contribution in [2.45, 2.75) is 62.7 Å². The van der Waals surface area contributed by atoms with E-state index in [4.69, 9.17) is 16.3 Å². The van der Waals surface area contributed by atoms with E-state index in [-0.39, 0.29) is 31.9 Å². The quantitative estimate of drug-likeness (QED) is 0.755. The molecule has 5 nitrogen and oxygen atoms in total. The molecule has 4 rings (SSSR count). The first kappa shape index (κ1) is 20.6. The van der Waals surface area contributed by atoms with Gasteiger partial charge in [0.2, 0.25) is 0 Å². The molecule has 2 aliphatic rings. The van der Waals surface area contributed by atoms with Gasteiger partial charge in [-0.25, -0.2) is 8.78 Å². The molecule has 0 spiro atoms. The van der Waals surface area contributed by atoms with Crippen molar-refractivity contribution in [1.29, 1.82) is 0 Å². The maximum absolute atomic E-state index is 13.7. The highest BCUT2D eigenvalue weighted by molar-refractivity contribution is 6.36. The van der Waals surface area contributed by atoms with E-state index in [0.29, 0.717) is 22.5 Å². The van der Waals surface area contributed by atoms with Crippen LogP contribution >= 0.6 is 11.6 Å². The number of aliphatic hydroxyl groups is 1. The Labute approximate surface area is 173 Å². The number of carbonyl (C=O) groups is 1. The first-order valence-electron chi connectivity index (χ1n) is 10.0. The van der Waals surface area contributed by atoms with Crippen molar-refractivity contribution in [1.82, 2.24) is 9.88 Å². The highest BCUT2D eigenvalue weighted by Crippen LogP contribution is 2.39. The summed E-state index contributed by atoms with van der Waals surface area (Å²) >= 11 is 6.38. The Balaban J connectivity index is 1.55. The number of rotatable bonds is 5. The average molecular weight is 427 g/mol. The molecular formula is C21H25ClF2N2O3. The monoisotopic (exact) mass is 426 g/mol. The van der Waals surface area contributed by atoms with Gasteiger partial charge in [0, 0.05) is 44.1 Å². The molecule has 1 aromatic heterocycles. The number of benzene rings is 1. The number of ether oxygens (including phenoxy) is 1. The number of halogens is 3. The molecule has 29 heavy (non-hydrogen) atoms. The third kappa shape index (κ3) is 4.42. The minimum absolute atomic E-state index is 0.0886. The summed E-state index contributed by atoms with van der Waals surface area (Å²) in [6, 6.07) is 5.43. The summed E-state index contributed by atoms with van der Waals surface area (Å²) in [5.74, 6) is -3.34. The second-order valence-corrected chi connectivity index (χ2v) is 8.66. The molecule has 2 fully saturated rings. The van der Waals surface area contributed by atoms with Crippen molar-refractivity contribution in [3.05, 3.63) is 35.0 Å². The standard InChI is InChI=1S/C21H25ClF2N2O3/c22-16-5-1-6-17-18(16)15(11-26(17)10-14-4-2-9-29-14)19(27)25-13-20(28)7-3-8-21(23,24)12-20/h1,5-6,11,14,28H,2-4,7-10,12-13H2,(H,25,27)/t14?,20-/m0/s1. The molecule has 1 aliphatic heterocycles. The lowest BCUT2D eigenvalue weighted by atomic mass is 9.82. The highest BCUT2D eigenvalue weighted by Gasteiger charge is 2.44. The fourth-order valence-electron chi connectivity index (χ4n) is 4.46. The lowest BCUT2D eigenvalue weighted by Gasteiger charge is -2.36. The van der Waals surface area contributed by atoms with Crippen LogP contribution in [0.5, 0.6) is 0 Å². The van der Waals surface area contributed by atoms with Gasteiger partial charge in [0.15, 0.2) is 0 Å². The highest BCUT2D eigenvalue weighted by atomic mass is 35.5. The number of nitrogens with one attached hydrogen (secondary N) is 1. The fraction of sp³-hybridized carbons (Fsp3) is 0.571. The minimum atomic E-state index is -2.90. The van der Waals surface area contributed by atoms with Gasteiger partial charge in [0.05, 0.1) is 27.8 Å². The van der Waals surface area contributed by atoms with Gasteiger partial charge in [0.25, 0.3) is 11.8 Å². The van der Waals surface area contributed by atoms with Crippen molar-refractivity contribution in [2.75, 3.05) is 13.2 Å². The van der Waals surface area contributed by atoms with Crippen LogP contribution in [0.25, 0.3) is 10.9 Å². The third-order valence-electron chi connectivity index (χ3n) is 5.87. The zero-order chi connectivity index (χ0) is 20.6. The van der Waals surface area contributed by atoms with E-state index in [1.54, 1.807) is 12.3 Å². The Kier molecular flexibility index (Phi) is 5.57. The molecule has 1 unspecified atom stereocenters. The van der Waals surface area contributed by atoms with Gasteiger partial charge < -0.3 is 19.7 Å². The number of amides is 1. The van der Waals surface area contributed by atoms with Crippen molar-refractivity contribution in [2.24, 2.45) is 0 Å². The second kappa shape index (κ2) is 7.85. The normalized spacial score (nSPS) is 26.7. The molecule has 1 aliphatic carbocycles. The molecule has 2 atom stereocenters. The fourth-order valence-corrected chi connectivity index (χ4v) is 4.74. The zero-order valence-electron chi connectivity index (χ0n) is 16.1. The second-order valence-electron chi connectivity index (χ2n) is 8.26. The summed E-state index contributed by atoms with van der Waals surface area (Å²) in [4.78, 5) is 12.9. The summed E-state index contributed by atoms with van der Waals surface area (Å²) < 4.78 is 35.1. The van der Waals surface area contributed by atoms with Gasteiger partial charge in [-0.15, -0.1) is 0 Å². The molecule has 0 radical (unpaired) electrons. The maximum atomic E-state index is 13.7. The van der Waals surface area contributed by atoms with E-state index in [0.717, 1.165) is 25.0 Å². The number of alkyl halides is 2. The number of hydrogen-bond donors (Lipinski definition) is 2. The first-order valence-corrected chi connectivity index (χ1v) is 10.4. The van der Waals surface area contributed by atoms with Gasteiger partial charge in [-0.3, -0.25) is 4.79 Å². The third-order valence-corrected chi connectivity index (χ3v) is 6.19. The minimum Gasteiger partial charge on any atom is -0.388 e. The SMILES string of the molecule is O=C(NC[C@]1(O)CCCC(F)(F)C1)c1cn(CC2CCCO2)c2cccc(Cl)c12. The summed E-state index contributed by atoms with van der Waals surface area (Å²) in [7, 11) is 0. The van der Waals surface area contributed by atoms with Gasteiger partial charge in [-0.1, -0.05) is 17.7 Å². The van der Waals surface area contributed by atoms with Crippen LogP contribution in [0.1, 0.15) is 48.9 Å². The van der Waals surface area contributed by atoms with Crippen LogP contribution in [0.4, 0.5) is 8.78 Å². The number of hydrogen-bond acceptors (Lipinski definition) is 3. The molecule has 1 amide bonds. The predicted octanol–water partition coefficient (Wildman–Crippen LogP) is 4.14. The summed E-state index contributed by atoms with van der Waals surface area (Å²) in [5.41, 5.74) is -0.409. The molecule has 1 aromatic carbocycles. The van der Waals surface area contributed by atoms with Crippen molar-refractivity contribution >= 4 is 28.4 Å². The van der Waals surface area contributed by atoms with Crippen molar-refractivity contribution in [3.63, 3.8) is 0 Å². The predicted molar refractivity (Wildman–Crippen MR) is 107 cm³/mol. The zero-order valence-corrected chi connectivity index (χ0v) is 16.9. The molecule has 0 bridgehead atoms. The maximum Gasteiger partial charge on any atom is 0.253 e. The van der Waals surface area contributed by atoms with Crippen LogP contribution in [0.15, 0.2) is 24.4 Å². The van der Waals surface area contributed by atoms with Crippen LogP contribution in [0.2, 0.25) is 5.02 Å². The topological polar surface area (TPSA) is 63.5 Å². The molecule has 1 saturated carbocycles. The van der Waals surface area contributed by atoms with E-state index >= 15 is 0 Å². The Morgan fingerprint density at radius 2 is 2.17 bits per heavy atom. The summed E-state index contributed by atoms with van der Waals surface area (Å²) in [6.07, 6.45) is 3.40. The molecule has 8 heteroatoms. The van der Waals surface area contributed by atoms with Crippen LogP contribution in [0, 0.1) is 0 Å². The van der Waals surface area contributed by atoms with Crippen LogP contribution in [-0.4, -0.2) is 46.4 Å². The summed E-state index contributed by atoms with van der Waals surface area (Å²) in [5, 5.41) is 14.2. The Morgan fingerprint density at radius 1 is 1.34 bits per heavy atom. The molecule has 2 heterocycles. The summed E-state index contributed by atoms with van der Waals surface area (Å²) in [6.45, 7) is 1.13. The Morgan fingerprint density at radius 3 is 2.90 bits per heavy atom. The molecule has 2 N–H and O–H groups in total. The van der Waals surface area contributed by atoms with E-state index in [9.17, 15) is 18.7 Å². The van der Waals surface area contributed by atoms with Gasteiger partial charge >= 0.3 is 0 Å². The molecule has 1 saturated heterocycles. The largest absolute Gasteiger partial charge is 0.388 e. The van der Waals surface area contributed by atoms with Crippen molar-refractivity contribution < 1.29 is 23.4 Å². The number of fused-ring (bicyclic) bond motifs is 1.